The van der Waals surface area contributed by atoms with E-state index in [1.165, 1.54) is 15.6 Å². The summed E-state index contributed by atoms with van der Waals surface area (Å²) in [6, 6.07) is 5.44. The lowest BCUT2D eigenvalue weighted by Gasteiger charge is -2.17. The molecule has 2 heterocycles. The third-order valence-corrected chi connectivity index (χ3v) is 6.24. The number of hydrogen-bond acceptors (Lipinski definition) is 5. The van der Waals surface area contributed by atoms with Crippen LogP contribution in [-0.4, -0.2) is 24.8 Å². The van der Waals surface area contributed by atoms with Gasteiger partial charge in [-0.2, -0.15) is 4.31 Å². The molecule has 0 aromatic carbocycles. The fraction of sp³-hybridized carbons (Fsp3) is 0.308. The van der Waals surface area contributed by atoms with Gasteiger partial charge in [0, 0.05) is 24.7 Å². The van der Waals surface area contributed by atoms with Gasteiger partial charge in [0.2, 0.25) is 10.0 Å². The van der Waals surface area contributed by atoms with E-state index in [4.69, 9.17) is 5.73 Å². The molecule has 20 heavy (non-hydrogen) atoms. The molecular weight excluding hydrogens is 294 g/mol. The van der Waals surface area contributed by atoms with Crippen LogP contribution in [0.15, 0.2) is 34.7 Å². The van der Waals surface area contributed by atoms with Crippen molar-refractivity contribution >= 4 is 21.4 Å². The number of nitrogens with two attached hydrogens (primary N) is 1. The van der Waals surface area contributed by atoms with Gasteiger partial charge in [-0.25, -0.2) is 8.42 Å². The van der Waals surface area contributed by atoms with Crippen molar-refractivity contribution in [1.29, 1.82) is 0 Å². The van der Waals surface area contributed by atoms with Gasteiger partial charge < -0.3 is 5.73 Å². The van der Waals surface area contributed by atoms with E-state index < -0.39 is 10.0 Å². The average molecular weight is 311 g/mol. The molecule has 0 atom stereocenters. The van der Waals surface area contributed by atoms with Crippen LogP contribution in [0.1, 0.15) is 16.1 Å². The highest BCUT2D eigenvalue weighted by Gasteiger charge is 2.27. The summed E-state index contributed by atoms with van der Waals surface area (Å²) < 4.78 is 26.6. The molecule has 0 saturated heterocycles. The molecule has 2 N–H and O–H groups in total. The Balaban J connectivity index is 2.32. The van der Waals surface area contributed by atoms with Gasteiger partial charge in [-0.1, -0.05) is 6.07 Å². The van der Waals surface area contributed by atoms with Crippen molar-refractivity contribution in [3.63, 3.8) is 0 Å². The molecule has 0 spiro atoms. The Morgan fingerprint density at radius 1 is 1.40 bits per heavy atom. The third-order valence-electron chi connectivity index (χ3n) is 2.95. The van der Waals surface area contributed by atoms with Crippen LogP contribution in [0, 0.1) is 6.92 Å². The number of aryl methyl sites for hydroxylation is 1. The van der Waals surface area contributed by atoms with Crippen LogP contribution in [0.5, 0.6) is 0 Å². The van der Waals surface area contributed by atoms with E-state index in [1.54, 1.807) is 32.3 Å². The van der Waals surface area contributed by atoms with Gasteiger partial charge in [-0.3, -0.25) is 4.98 Å². The van der Waals surface area contributed by atoms with E-state index in [0.29, 0.717) is 15.5 Å². The standard InChI is InChI=1S/C13H17N3O2S2/c1-10-9-19-12(7-14)13(10)20(17,18)16(2)8-11-5-3-4-6-15-11/h3-6,9H,7-8,14H2,1-2H3. The summed E-state index contributed by atoms with van der Waals surface area (Å²) in [6.45, 7) is 2.25. The SMILES string of the molecule is Cc1csc(CN)c1S(=O)(=O)N(C)Cc1ccccn1. The number of thiophene rings is 1. The van der Waals surface area contributed by atoms with E-state index in [9.17, 15) is 8.42 Å². The van der Waals surface area contributed by atoms with Crippen molar-refractivity contribution in [3.05, 3.63) is 45.9 Å². The smallest absolute Gasteiger partial charge is 0.244 e. The molecule has 2 rings (SSSR count). The summed E-state index contributed by atoms with van der Waals surface area (Å²) in [5.74, 6) is 0. The van der Waals surface area contributed by atoms with E-state index in [0.717, 1.165) is 5.56 Å². The van der Waals surface area contributed by atoms with E-state index in [-0.39, 0.29) is 13.1 Å². The van der Waals surface area contributed by atoms with Crippen LogP contribution in [0.4, 0.5) is 0 Å². The molecule has 0 unspecified atom stereocenters. The lowest BCUT2D eigenvalue weighted by molar-refractivity contribution is 0.461. The molecule has 0 amide bonds. The summed E-state index contributed by atoms with van der Waals surface area (Å²) in [5.41, 5.74) is 7.08. The van der Waals surface area contributed by atoms with Crippen LogP contribution in [0.25, 0.3) is 0 Å². The summed E-state index contributed by atoms with van der Waals surface area (Å²) in [5, 5.41) is 1.82. The Bertz CT molecular complexity index is 681. The zero-order valence-electron chi connectivity index (χ0n) is 11.4. The first kappa shape index (κ1) is 15.1. The summed E-state index contributed by atoms with van der Waals surface area (Å²) in [6.07, 6.45) is 1.65. The zero-order chi connectivity index (χ0) is 14.8. The van der Waals surface area contributed by atoms with Crippen LogP contribution >= 0.6 is 11.3 Å². The van der Waals surface area contributed by atoms with Crippen molar-refractivity contribution < 1.29 is 8.42 Å². The van der Waals surface area contributed by atoms with Crippen molar-refractivity contribution in [1.82, 2.24) is 9.29 Å². The normalized spacial score (nSPS) is 12.0. The molecule has 2 aromatic rings. The van der Waals surface area contributed by atoms with Crippen molar-refractivity contribution in [2.75, 3.05) is 7.05 Å². The molecule has 108 valence electrons. The Morgan fingerprint density at radius 3 is 2.75 bits per heavy atom. The largest absolute Gasteiger partial charge is 0.326 e. The molecule has 5 nitrogen and oxygen atoms in total. The minimum Gasteiger partial charge on any atom is -0.326 e. The lowest BCUT2D eigenvalue weighted by atomic mass is 10.3. The number of rotatable bonds is 5. The third kappa shape index (κ3) is 2.90. The summed E-state index contributed by atoms with van der Waals surface area (Å²) >= 11 is 1.38. The zero-order valence-corrected chi connectivity index (χ0v) is 13.0. The Morgan fingerprint density at radius 2 is 2.15 bits per heavy atom. The maximum absolute atomic E-state index is 12.6. The molecular formula is C13H17N3O2S2. The van der Waals surface area contributed by atoms with Gasteiger partial charge >= 0.3 is 0 Å². The van der Waals surface area contributed by atoms with Crippen LogP contribution in [-0.2, 0) is 23.1 Å². The minimum absolute atomic E-state index is 0.227. The first-order valence-corrected chi connectivity index (χ1v) is 8.42. The Hall–Kier alpha value is -1.28. The maximum Gasteiger partial charge on any atom is 0.244 e. The molecule has 0 aliphatic heterocycles. The molecule has 0 aliphatic carbocycles. The van der Waals surface area contributed by atoms with Gasteiger partial charge in [-0.15, -0.1) is 11.3 Å². The second kappa shape index (κ2) is 6.01. The lowest BCUT2D eigenvalue weighted by Crippen LogP contribution is -2.28. The molecule has 0 radical (unpaired) electrons. The first-order chi connectivity index (χ1) is 9.46. The van der Waals surface area contributed by atoms with Crippen LogP contribution in [0.2, 0.25) is 0 Å². The number of nitrogens with zero attached hydrogens (tertiary/aromatic N) is 2. The first-order valence-electron chi connectivity index (χ1n) is 6.10. The fourth-order valence-corrected chi connectivity index (χ4v) is 4.72. The number of sulfonamides is 1. The number of aromatic nitrogens is 1. The monoisotopic (exact) mass is 311 g/mol. The van der Waals surface area contributed by atoms with Crippen molar-refractivity contribution in [3.8, 4) is 0 Å². The molecule has 0 saturated carbocycles. The quantitative estimate of drug-likeness (QED) is 0.912. The average Bonchev–Trinajstić information content (AvgIpc) is 2.81. The predicted molar refractivity (Wildman–Crippen MR) is 79.8 cm³/mol. The Labute approximate surface area is 123 Å². The summed E-state index contributed by atoms with van der Waals surface area (Å²) in [7, 11) is -1.99. The van der Waals surface area contributed by atoms with Crippen molar-refractivity contribution in [2.24, 2.45) is 5.73 Å². The van der Waals surface area contributed by atoms with Gasteiger partial charge in [0.1, 0.15) is 4.90 Å². The topological polar surface area (TPSA) is 76.3 Å². The highest BCUT2D eigenvalue weighted by molar-refractivity contribution is 7.89. The maximum atomic E-state index is 12.6. The minimum atomic E-state index is -3.54. The molecule has 0 bridgehead atoms. The van der Waals surface area contributed by atoms with E-state index in [2.05, 4.69) is 4.98 Å². The number of pyridine rings is 1. The second-order valence-corrected chi connectivity index (χ2v) is 7.40. The van der Waals surface area contributed by atoms with Gasteiger partial charge in [-0.05, 0) is 30.0 Å². The van der Waals surface area contributed by atoms with Gasteiger partial charge in [0.05, 0.1) is 12.2 Å². The predicted octanol–water partition coefficient (Wildman–Crippen LogP) is 1.73. The van der Waals surface area contributed by atoms with Gasteiger partial charge in [0.15, 0.2) is 0 Å². The van der Waals surface area contributed by atoms with Crippen LogP contribution < -0.4 is 5.73 Å². The van der Waals surface area contributed by atoms with Crippen LogP contribution in [0.3, 0.4) is 0 Å². The van der Waals surface area contributed by atoms with E-state index in [1.807, 2.05) is 11.4 Å². The number of hydrogen-bond donors (Lipinski definition) is 1. The summed E-state index contributed by atoms with van der Waals surface area (Å²) in [4.78, 5) is 5.18. The highest BCUT2D eigenvalue weighted by Crippen LogP contribution is 2.29. The Kier molecular flexibility index (Phi) is 4.54. The van der Waals surface area contributed by atoms with Gasteiger partial charge in [0.25, 0.3) is 0 Å². The molecule has 0 fully saturated rings. The van der Waals surface area contributed by atoms with Crippen molar-refractivity contribution in [2.45, 2.75) is 24.9 Å². The fourth-order valence-electron chi connectivity index (χ4n) is 1.94. The molecule has 0 aliphatic rings. The van der Waals surface area contributed by atoms with E-state index >= 15 is 0 Å². The highest BCUT2D eigenvalue weighted by atomic mass is 32.2. The second-order valence-electron chi connectivity index (χ2n) is 4.46. The molecule has 2 aromatic heterocycles. The molecule has 7 heteroatoms.